The lowest BCUT2D eigenvalue weighted by molar-refractivity contribution is 0.0852. The Balaban J connectivity index is 1.34. The third-order valence-corrected chi connectivity index (χ3v) is 6.69. The predicted molar refractivity (Wildman–Crippen MR) is 134 cm³/mol. The summed E-state index contributed by atoms with van der Waals surface area (Å²) in [6.07, 6.45) is 5.91. The lowest BCUT2D eigenvalue weighted by Crippen LogP contribution is -2.26. The van der Waals surface area contributed by atoms with Crippen LogP contribution >= 0.6 is 11.3 Å². The van der Waals surface area contributed by atoms with Crippen molar-refractivity contribution in [3.8, 4) is 23.0 Å². The fraction of sp³-hybridized carbons (Fsp3) is 0.346. The molecular weight excluding hydrogens is 466 g/mol. The summed E-state index contributed by atoms with van der Waals surface area (Å²) >= 11 is 1.28. The number of ether oxygens (including phenoxy) is 4. The van der Waals surface area contributed by atoms with Gasteiger partial charge in [-0.2, -0.15) is 9.50 Å². The quantitative estimate of drug-likeness (QED) is 0.324. The van der Waals surface area contributed by atoms with Crippen LogP contribution < -0.4 is 29.0 Å². The van der Waals surface area contributed by atoms with Gasteiger partial charge in [-0.3, -0.25) is 4.79 Å². The Hall–Kier alpha value is -3.59. The van der Waals surface area contributed by atoms with Crippen molar-refractivity contribution in [2.75, 3.05) is 20.3 Å². The van der Waals surface area contributed by atoms with Gasteiger partial charge in [0.05, 0.1) is 18.2 Å². The first-order chi connectivity index (χ1) is 17.2. The summed E-state index contributed by atoms with van der Waals surface area (Å²) in [6, 6.07) is 13.1. The van der Waals surface area contributed by atoms with Crippen LogP contribution in [0.25, 0.3) is 11.0 Å². The summed E-state index contributed by atoms with van der Waals surface area (Å²) in [5, 5.41) is 4.41. The van der Waals surface area contributed by atoms with Crippen LogP contribution in [0.4, 0.5) is 0 Å². The number of nitrogens with zero attached hydrogens (tertiary/aromatic N) is 3. The van der Waals surface area contributed by atoms with E-state index in [9.17, 15) is 4.79 Å². The second kappa shape index (κ2) is 10.4. The van der Waals surface area contributed by atoms with Gasteiger partial charge in [-0.05, 0) is 42.3 Å². The third-order valence-electron chi connectivity index (χ3n) is 5.74. The average Bonchev–Trinajstić information content (AvgIpc) is 3.43. The van der Waals surface area contributed by atoms with E-state index in [1.165, 1.54) is 28.7 Å². The predicted octanol–water partition coefficient (Wildman–Crippen LogP) is 4.18. The minimum atomic E-state index is -0.470. The number of methoxy groups -OCH3 is 1. The maximum absolute atomic E-state index is 13.0. The monoisotopic (exact) mass is 493 g/mol. The summed E-state index contributed by atoms with van der Waals surface area (Å²) in [5.41, 5.74) is 0.610. The van der Waals surface area contributed by atoms with Gasteiger partial charge >= 0.3 is 0 Å². The lowest BCUT2D eigenvalue weighted by atomic mass is 10.2. The van der Waals surface area contributed by atoms with Crippen molar-refractivity contribution in [3.05, 3.63) is 68.7 Å². The molecule has 0 aliphatic carbocycles. The number of hydrogen-bond acceptors (Lipinski definition) is 8. The Bertz CT molecular complexity index is 1430. The smallest absolute Gasteiger partial charge is 0.291 e. The molecule has 0 saturated carbocycles. The maximum Gasteiger partial charge on any atom is 0.291 e. The Kier molecular flexibility index (Phi) is 6.85. The molecule has 1 atom stereocenters. The van der Waals surface area contributed by atoms with Crippen molar-refractivity contribution >= 4 is 22.4 Å². The molecule has 9 heteroatoms. The molecule has 1 aliphatic rings. The molecule has 1 aliphatic heterocycles. The van der Waals surface area contributed by atoms with Crippen molar-refractivity contribution in [1.29, 1.82) is 0 Å². The number of thiazole rings is 1. The normalized spacial score (nSPS) is 15.5. The van der Waals surface area contributed by atoms with Crippen molar-refractivity contribution in [1.82, 2.24) is 14.6 Å². The first-order valence-electron chi connectivity index (χ1n) is 11.8. The van der Waals surface area contributed by atoms with Crippen LogP contribution in [0.5, 0.6) is 23.0 Å². The molecule has 4 aromatic rings. The molecule has 8 nitrogen and oxygen atoms in total. The van der Waals surface area contributed by atoms with Crippen molar-refractivity contribution in [2.24, 2.45) is 0 Å². The zero-order valence-corrected chi connectivity index (χ0v) is 20.5. The Morgan fingerprint density at radius 1 is 1.14 bits per heavy atom. The second-order valence-corrected chi connectivity index (χ2v) is 9.27. The molecule has 5 rings (SSSR count). The van der Waals surface area contributed by atoms with Gasteiger partial charge in [0, 0.05) is 0 Å². The Morgan fingerprint density at radius 3 is 2.80 bits per heavy atom. The van der Waals surface area contributed by atoms with E-state index >= 15 is 0 Å². The number of aromatic nitrogens is 3. The zero-order chi connectivity index (χ0) is 24.2. The fourth-order valence-electron chi connectivity index (χ4n) is 3.89. The van der Waals surface area contributed by atoms with Crippen LogP contribution in [0, 0.1) is 0 Å². The Labute approximate surface area is 206 Å². The molecule has 0 fully saturated rings. The van der Waals surface area contributed by atoms with Gasteiger partial charge in [-0.15, -0.1) is 5.10 Å². The summed E-state index contributed by atoms with van der Waals surface area (Å²) in [5.74, 6) is 3.09. The van der Waals surface area contributed by atoms with Gasteiger partial charge in [0.1, 0.15) is 6.61 Å². The van der Waals surface area contributed by atoms with Gasteiger partial charge in [0.15, 0.2) is 34.9 Å². The molecule has 182 valence electrons. The number of rotatable bonds is 9. The van der Waals surface area contributed by atoms with E-state index in [0.29, 0.717) is 44.9 Å². The summed E-state index contributed by atoms with van der Waals surface area (Å²) in [4.78, 5) is 18.0. The zero-order valence-electron chi connectivity index (χ0n) is 19.7. The van der Waals surface area contributed by atoms with E-state index in [2.05, 4.69) is 17.0 Å². The molecule has 35 heavy (non-hydrogen) atoms. The van der Waals surface area contributed by atoms with Crippen molar-refractivity contribution in [3.63, 3.8) is 0 Å². The minimum absolute atomic E-state index is 0.226. The first-order valence-corrected chi connectivity index (χ1v) is 12.6. The molecule has 0 N–H and O–H groups in total. The Morgan fingerprint density at radius 2 is 2.00 bits per heavy atom. The molecule has 2 aromatic carbocycles. The van der Waals surface area contributed by atoms with Crippen LogP contribution in [0.15, 0.2) is 47.3 Å². The van der Waals surface area contributed by atoms with Gasteiger partial charge in [-0.1, -0.05) is 55.7 Å². The summed E-state index contributed by atoms with van der Waals surface area (Å²) in [6.45, 7) is 3.13. The first kappa shape index (κ1) is 23.2. The highest BCUT2D eigenvalue weighted by Gasteiger charge is 2.27. The molecule has 0 spiro atoms. The van der Waals surface area contributed by atoms with Gasteiger partial charge in [0.25, 0.3) is 5.56 Å². The number of fused-ring (bicyclic) bond motifs is 2. The van der Waals surface area contributed by atoms with Gasteiger partial charge in [0.2, 0.25) is 4.96 Å². The van der Waals surface area contributed by atoms with Crippen LogP contribution in [0.1, 0.15) is 50.1 Å². The van der Waals surface area contributed by atoms with E-state index in [-0.39, 0.29) is 12.2 Å². The second-order valence-electron chi connectivity index (χ2n) is 8.26. The molecular formula is C26H27N3O5S. The molecule has 0 radical (unpaired) electrons. The van der Waals surface area contributed by atoms with Crippen LogP contribution in [0.2, 0.25) is 0 Å². The van der Waals surface area contributed by atoms with Crippen molar-refractivity contribution in [2.45, 2.75) is 38.7 Å². The molecule has 3 heterocycles. The summed E-state index contributed by atoms with van der Waals surface area (Å²) in [7, 11) is 1.61. The van der Waals surface area contributed by atoms with Crippen LogP contribution in [-0.2, 0) is 0 Å². The lowest BCUT2D eigenvalue weighted by Gasteiger charge is -2.24. The van der Waals surface area contributed by atoms with E-state index in [4.69, 9.17) is 18.9 Å². The van der Waals surface area contributed by atoms with E-state index < -0.39 is 6.10 Å². The van der Waals surface area contributed by atoms with Crippen LogP contribution in [-0.4, -0.2) is 34.9 Å². The standard InChI is InChI=1S/C26H27N3O5S/c1-3-4-5-8-13-32-19-12-11-17(14-21(19)31-2)15-23-25(30)29-26(35-23)27-24(28-29)22-16-33-18-9-6-7-10-20(18)34-22/h6-7,9-12,14-15,22H,3-5,8,13,16H2,1-2H3. The summed E-state index contributed by atoms with van der Waals surface area (Å²) < 4.78 is 25.0. The molecule has 0 bridgehead atoms. The highest BCUT2D eigenvalue weighted by atomic mass is 32.1. The van der Waals surface area contributed by atoms with Gasteiger partial charge in [-0.25, -0.2) is 0 Å². The number of hydrogen-bond donors (Lipinski definition) is 0. The van der Waals surface area contributed by atoms with E-state index in [1.807, 2.05) is 48.5 Å². The highest BCUT2D eigenvalue weighted by molar-refractivity contribution is 7.15. The fourth-order valence-corrected chi connectivity index (χ4v) is 4.80. The third kappa shape index (κ3) is 4.95. The molecule has 0 amide bonds. The van der Waals surface area contributed by atoms with E-state index in [0.717, 1.165) is 18.4 Å². The molecule has 0 saturated heterocycles. The molecule has 1 unspecified atom stereocenters. The highest BCUT2D eigenvalue weighted by Crippen LogP contribution is 2.35. The van der Waals surface area contributed by atoms with Gasteiger partial charge < -0.3 is 18.9 Å². The van der Waals surface area contributed by atoms with E-state index in [1.54, 1.807) is 7.11 Å². The molecule has 2 aromatic heterocycles. The number of para-hydroxylation sites is 2. The number of unbranched alkanes of at least 4 members (excludes halogenated alkanes) is 3. The minimum Gasteiger partial charge on any atom is -0.493 e. The number of benzene rings is 2. The largest absolute Gasteiger partial charge is 0.493 e. The topological polar surface area (TPSA) is 84.2 Å². The SMILES string of the molecule is CCCCCCOc1ccc(C=c2sc3nc(C4COc5ccccc5O4)nn3c2=O)cc1OC. The maximum atomic E-state index is 13.0. The average molecular weight is 494 g/mol. The van der Waals surface area contributed by atoms with Crippen molar-refractivity contribution < 1.29 is 18.9 Å². The van der Waals surface area contributed by atoms with Crippen LogP contribution in [0.3, 0.4) is 0 Å².